The fourth-order valence-corrected chi connectivity index (χ4v) is 4.99. The van der Waals surface area contributed by atoms with Gasteiger partial charge in [-0.1, -0.05) is 54.9 Å². The zero-order valence-electron chi connectivity index (χ0n) is 13.2. The van der Waals surface area contributed by atoms with Crippen LogP contribution in [-0.2, 0) is 4.75 Å². The van der Waals surface area contributed by atoms with Crippen molar-refractivity contribution in [2.45, 2.75) is 23.0 Å². The van der Waals surface area contributed by atoms with E-state index in [0.717, 1.165) is 16.1 Å². The van der Waals surface area contributed by atoms with Gasteiger partial charge in [-0.15, -0.1) is 11.8 Å². The van der Waals surface area contributed by atoms with Gasteiger partial charge in [0.05, 0.1) is 21.3 Å². The highest BCUT2D eigenvalue weighted by Gasteiger charge is 2.44. The second-order valence-electron chi connectivity index (χ2n) is 5.83. The second kappa shape index (κ2) is 5.83. The molecular weight excluding hydrogens is 338 g/mol. The normalized spacial score (nSPS) is 19.5. The van der Waals surface area contributed by atoms with Gasteiger partial charge in [0.15, 0.2) is 5.78 Å². The number of thioether (sulfide) groups is 1. The van der Waals surface area contributed by atoms with Gasteiger partial charge in [-0.25, -0.2) is 0 Å². The first-order valence-corrected chi connectivity index (χ1v) is 9.12. The third-order valence-electron chi connectivity index (χ3n) is 4.57. The molecule has 0 spiro atoms. The van der Waals surface area contributed by atoms with Gasteiger partial charge >= 0.3 is 0 Å². The molecule has 0 saturated carbocycles. The lowest BCUT2D eigenvalue weighted by Gasteiger charge is -2.30. The van der Waals surface area contributed by atoms with Crippen LogP contribution in [0.4, 0.5) is 0 Å². The topological polar surface area (TPSA) is 22.0 Å². The number of carbonyl (C=O) groups excluding carboxylic acids is 1. The van der Waals surface area contributed by atoms with E-state index in [1.54, 1.807) is 11.8 Å². The molecule has 2 heterocycles. The SMILES string of the molecule is CC[C@@]1(c2ccccc2)Sc2c(Cl)cccc2-n2cccc2C1=O. The number of nitrogens with zero attached hydrogens (tertiary/aromatic N) is 1. The molecule has 24 heavy (non-hydrogen) atoms. The molecule has 4 rings (SSSR count). The quantitative estimate of drug-likeness (QED) is 0.587. The lowest BCUT2D eigenvalue weighted by molar-refractivity contribution is 0.0933. The smallest absolute Gasteiger partial charge is 0.200 e. The summed E-state index contributed by atoms with van der Waals surface area (Å²) in [6, 6.07) is 19.6. The zero-order chi connectivity index (χ0) is 16.7. The Hall–Kier alpha value is -1.97. The number of halogens is 1. The molecule has 1 aliphatic heterocycles. The highest BCUT2D eigenvalue weighted by molar-refractivity contribution is 8.01. The minimum Gasteiger partial charge on any atom is -0.313 e. The van der Waals surface area contributed by atoms with Crippen molar-refractivity contribution in [1.29, 1.82) is 0 Å². The number of ketones is 1. The molecule has 0 amide bonds. The number of aromatic nitrogens is 1. The summed E-state index contributed by atoms with van der Waals surface area (Å²) in [5.41, 5.74) is 2.68. The Balaban J connectivity index is 2.05. The largest absolute Gasteiger partial charge is 0.313 e. The summed E-state index contributed by atoms with van der Waals surface area (Å²) in [6.45, 7) is 2.06. The molecule has 2 nitrogen and oxygen atoms in total. The van der Waals surface area contributed by atoms with E-state index in [2.05, 4.69) is 6.92 Å². The molecule has 1 aromatic heterocycles. The van der Waals surface area contributed by atoms with Crippen LogP contribution in [0.15, 0.2) is 71.8 Å². The van der Waals surface area contributed by atoms with Crippen LogP contribution in [-0.4, -0.2) is 10.4 Å². The van der Waals surface area contributed by atoms with Crippen molar-refractivity contribution >= 4 is 29.1 Å². The van der Waals surface area contributed by atoms with Crippen LogP contribution in [0.5, 0.6) is 0 Å². The van der Waals surface area contributed by atoms with Crippen LogP contribution in [0.1, 0.15) is 29.4 Å². The van der Waals surface area contributed by atoms with Gasteiger partial charge in [0, 0.05) is 6.20 Å². The fourth-order valence-electron chi connectivity index (χ4n) is 3.33. The number of benzene rings is 2. The third-order valence-corrected chi connectivity index (χ3v) is 6.69. The standard InChI is InChI=1S/C20H16ClNOS/c1-2-20(14-8-4-3-5-9-14)19(23)17-12-7-13-22(17)16-11-6-10-15(21)18(16)24-20/h3-13H,2H2,1H3/t20-/m0/s1. The molecule has 4 heteroatoms. The van der Waals surface area contributed by atoms with Crippen molar-refractivity contribution in [2.75, 3.05) is 0 Å². The minimum atomic E-state index is -0.673. The Morgan fingerprint density at radius 3 is 2.58 bits per heavy atom. The first-order valence-electron chi connectivity index (χ1n) is 7.93. The lowest BCUT2D eigenvalue weighted by Crippen LogP contribution is -2.32. The summed E-state index contributed by atoms with van der Waals surface area (Å²) < 4.78 is 1.28. The number of hydrogen-bond donors (Lipinski definition) is 0. The number of fused-ring (bicyclic) bond motifs is 3. The molecule has 0 saturated heterocycles. The molecule has 0 unspecified atom stereocenters. The molecule has 120 valence electrons. The summed E-state index contributed by atoms with van der Waals surface area (Å²) in [5.74, 6) is 0.124. The molecule has 0 bridgehead atoms. The van der Waals surface area contributed by atoms with Crippen LogP contribution in [0.25, 0.3) is 5.69 Å². The molecule has 0 fully saturated rings. The molecule has 0 radical (unpaired) electrons. The van der Waals surface area contributed by atoms with Crippen molar-refractivity contribution in [2.24, 2.45) is 0 Å². The van der Waals surface area contributed by atoms with E-state index in [1.807, 2.05) is 71.4 Å². The molecule has 1 aliphatic rings. The Morgan fingerprint density at radius 1 is 1.04 bits per heavy atom. The Labute approximate surface area is 150 Å². The van der Waals surface area contributed by atoms with Crippen LogP contribution in [0, 0.1) is 0 Å². The zero-order valence-corrected chi connectivity index (χ0v) is 14.8. The summed E-state index contributed by atoms with van der Waals surface area (Å²) in [6.07, 6.45) is 2.62. The second-order valence-corrected chi connectivity index (χ2v) is 7.55. The summed E-state index contributed by atoms with van der Waals surface area (Å²) in [5, 5.41) is 0.681. The van der Waals surface area contributed by atoms with E-state index in [4.69, 9.17) is 11.6 Å². The van der Waals surface area contributed by atoms with Gasteiger partial charge < -0.3 is 4.57 Å². The van der Waals surface area contributed by atoms with E-state index >= 15 is 0 Å². The van der Waals surface area contributed by atoms with Crippen LogP contribution in [0.2, 0.25) is 5.02 Å². The van der Waals surface area contributed by atoms with Crippen LogP contribution >= 0.6 is 23.4 Å². The molecule has 1 atom stereocenters. The van der Waals surface area contributed by atoms with E-state index in [0.29, 0.717) is 17.1 Å². The highest BCUT2D eigenvalue weighted by Crippen LogP contribution is 2.52. The Bertz CT molecular complexity index is 918. The molecule has 0 aliphatic carbocycles. The summed E-state index contributed by atoms with van der Waals surface area (Å²) in [7, 11) is 0. The average molecular weight is 354 g/mol. The number of hydrogen-bond acceptors (Lipinski definition) is 2. The maximum Gasteiger partial charge on any atom is 0.200 e. The van der Waals surface area contributed by atoms with Crippen LogP contribution in [0.3, 0.4) is 0 Å². The minimum absolute atomic E-state index is 0.124. The maximum atomic E-state index is 13.5. The van der Waals surface area contributed by atoms with Gasteiger partial charge in [0.2, 0.25) is 0 Å². The third kappa shape index (κ3) is 2.15. The molecular formula is C20H16ClNOS. The van der Waals surface area contributed by atoms with E-state index in [-0.39, 0.29) is 5.78 Å². The summed E-state index contributed by atoms with van der Waals surface area (Å²) in [4.78, 5) is 14.5. The number of rotatable bonds is 2. The van der Waals surface area contributed by atoms with Crippen molar-refractivity contribution in [3.63, 3.8) is 0 Å². The number of carbonyl (C=O) groups is 1. The fraction of sp³-hybridized carbons (Fsp3) is 0.150. The molecule has 3 aromatic rings. The first-order chi connectivity index (χ1) is 11.7. The Morgan fingerprint density at radius 2 is 1.83 bits per heavy atom. The predicted octanol–water partition coefficient (Wildman–Crippen LogP) is 5.72. The van der Waals surface area contributed by atoms with Gasteiger partial charge in [0.25, 0.3) is 0 Å². The van der Waals surface area contributed by atoms with Crippen molar-refractivity contribution in [3.05, 3.63) is 83.1 Å². The van der Waals surface area contributed by atoms with Crippen molar-refractivity contribution in [1.82, 2.24) is 4.57 Å². The van der Waals surface area contributed by atoms with Gasteiger partial charge in [-0.2, -0.15) is 0 Å². The summed E-state index contributed by atoms with van der Waals surface area (Å²) >= 11 is 8.09. The van der Waals surface area contributed by atoms with E-state index in [1.165, 1.54) is 0 Å². The van der Waals surface area contributed by atoms with Gasteiger partial charge in [-0.05, 0) is 36.2 Å². The van der Waals surface area contributed by atoms with Crippen LogP contribution < -0.4 is 0 Å². The van der Waals surface area contributed by atoms with Gasteiger partial charge in [-0.3, -0.25) is 4.79 Å². The number of Topliss-reactive ketones (excluding diaryl/α,β-unsaturated/α-hetero) is 1. The highest BCUT2D eigenvalue weighted by atomic mass is 35.5. The predicted molar refractivity (Wildman–Crippen MR) is 99.4 cm³/mol. The monoisotopic (exact) mass is 353 g/mol. The Kier molecular flexibility index (Phi) is 3.78. The lowest BCUT2D eigenvalue weighted by atomic mass is 9.89. The molecule has 2 aromatic carbocycles. The maximum absolute atomic E-state index is 13.5. The van der Waals surface area contributed by atoms with E-state index in [9.17, 15) is 4.79 Å². The first kappa shape index (κ1) is 15.6. The van der Waals surface area contributed by atoms with Gasteiger partial charge in [0.1, 0.15) is 4.75 Å². The van der Waals surface area contributed by atoms with E-state index < -0.39 is 4.75 Å². The van der Waals surface area contributed by atoms with Crippen molar-refractivity contribution in [3.8, 4) is 5.69 Å². The molecule has 0 N–H and O–H groups in total. The average Bonchev–Trinajstić information content (AvgIpc) is 3.07. The van der Waals surface area contributed by atoms with Crippen molar-refractivity contribution < 1.29 is 4.79 Å².